The van der Waals surface area contributed by atoms with Gasteiger partial charge in [-0.1, -0.05) is 37.3 Å². The van der Waals surface area contributed by atoms with Gasteiger partial charge in [0.1, 0.15) is 40.4 Å². The lowest BCUT2D eigenvalue weighted by molar-refractivity contribution is -0.132. The van der Waals surface area contributed by atoms with Crippen LogP contribution in [0.25, 0.3) is 4.96 Å². The van der Waals surface area contributed by atoms with Crippen LogP contribution in [0.5, 0.6) is 17.2 Å². The molecule has 2 aliphatic heterocycles. The zero-order chi connectivity index (χ0) is 32.2. The summed E-state index contributed by atoms with van der Waals surface area (Å²) in [7, 11) is 0. The van der Waals surface area contributed by atoms with Gasteiger partial charge in [-0.3, -0.25) is 19.2 Å². The SMILES string of the molecule is Cc1nn2cc(CCNC(=O)[C@@H]3Cc4ccc(cc4)Oc4ccc(O)c(c4)C(=O)N[C@@H](C(C)C)C(=O)N[C@@H](C)C(=O)N3)nc2s1. The fraction of sp³-hybridized carbons (Fsp3) is 0.355. The van der Waals surface area contributed by atoms with E-state index in [1.807, 2.05) is 13.1 Å². The first-order valence-corrected chi connectivity index (χ1v) is 15.4. The van der Waals surface area contributed by atoms with Gasteiger partial charge in [-0.15, -0.1) is 0 Å². The Hall–Kier alpha value is -4.98. The van der Waals surface area contributed by atoms with Gasteiger partial charge in [0.25, 0.3) is 5.91 Å². The number of hydrogen-bond acceptors (Lipinski definition) is 9. The van der Waals surface area contributed by atoms with E-state index in [1.54, 1.807) is 42.6 Å². The number of phenolic OH excluding ortho intramolecular Hbond substituents is 1. The number of nitrogens with one attached hydrogen (secondary N) is 4. The largest absolute Gasteiger partial charge is 0.507 e. The summed E-state index contributed by atoms with van der Waals surface area (Å²) >= 11 is 1.48. The van der Waals surface area contributed by atoms with Crippen molar-refractivity contribution in [3.8, 4) is 17.2 Å². The van der Waals surface area contributed by atoms with Gasteiger partial charge < -0.3 is 31.1 Å². The van der Waals surface area contributed by atoms with Crippen LogP contribution in [0.4, 0.5) is 0 Å². The number of carbonyl (C=O) groups excluding carboxylic acids is 4. The highest BCUT2D eigenvalue weighted by Crippen LogP contribution is 2.28. The molecule has 5 N–H and O–H groups in total. The highest BCUT2D eigenvalue weighted by atomic mass is 32.1. The zero-order valence-electron chi connectivity index (χ0n) is 25.3. The van der Waals surface area contributed by atoms with Crippen molar-refractivity contribution in [2.24, 2.45) is 5.92 Å². The molecule has 14 heteroatoms. The Kier molecular flexibility index (Phi) is 9.32. The van der Waals surface area contributed by atoms with Crippen molar-refractivity contribution >= 4 is 39.9 Å². The summed E-state index contributed by atoms with van der Waals surface area (Å²) in [6.45, 7) is 7.19. The first kappa shape index (κ1) is 31.4. The number of ether oxygens (including phenoxy) is 1. The monoisotopic (exact) mass is 633 g/mol. The summed E-state index contributed by atoms with van der Waals surface area (Å²) in [5.41, 5.74) is 1.46. The number of aromatic nitrogens is 3. The number of hydrogen-bond donors (Lipinski definition) is 5. The third kappa shape index (κ3) is 7.58. The highest BCUT2D eigenvalue weighted by Gasteiger charge is 2.30. The fourth-order valence-electron chi connectivity index (χ4n) is 4.86. The fourth-order valence-corrected chi connectivity index (χ4v) is 5.60. The van der Waals surface area contributed by atoms with E-state index in [0.717, 1.165) is 21.2 Å². The van der Waals surface area contributed by atoms with Crippen molar-refractivity contribution in [3.05, 3.63) is 70.5 Å². The average molecular weight is 634 g/mol. The Balaban J connectivity index is 1.37. The van der Waals surface area contributed by atoms with Crippen molar-refractivity contribution in [1.82, 2.24) is 35.9 Å². The molecule has 236 valence electrons. The van der Waals surface area contributed by atoms with Crippen LogP contribution in [0.3, 0.4) is 0 Å². The molecule has 45 heavy (non-hydrogen) atoms. The minimum atomic E-state index is -1.02. The Labute approximate surface area is 263 Å². The van der Waals surface area contributed by atoms with Gasteiger partial charge in [0.05, 0.1) is 17.5 Å². The number of imidazole rings is 1. The quantitative estimate of drug-likeness (QED) is 0.208. The van der Waals surface area contributed by atoms with Crippen LogP contribution in [0, 0.1) is 12.8 Å². The number of benzene rings is 2. The minimum Gasteiger partial charge on any atom is -0.507 e. The molecule has 4 bridgehead atoms. The lowest BCUT2D eigenvalue weighted by atomic mass is 10.0. The minimum absolute atomic E-state index is 0.0668. The van der Waals surface area contributed by atoms with E-state index in [0.29, 0.717) is 24.5 Å². The summed E-state index contributed by atoms with van der Waals surface area (Å²) in [6, 6.07) is 8.21. The van der Waals surface area contributed by atoms with Gasteiger partial charge in [-0.05, 0) is 55.7 Å². The van der Waals surface area contributed by atoms with Gasteiger partial charge in [-0.2, -0.15) is 5.10 Å². The first-order valence-electron chi connectivity index (χ1n) is 14.6. The summed E-state index contributed by atoms with van der Waals surface area (Å²) in [5, 5.41) is 26.6. The lowest BCUT2D eigenvalue weighted by Gasteiger charge is -2.25. The average Bonchev–Trinajstić information content (AvgIpc) is 3.53. The molecule has 0 saturated carbocycles. The molecule has 3 atom stereocenters. The van der Waals surface area contributed by atoms with Crippen LogP contribution >= 0.6 is 11.3 Å². The van der Waals surface area contributed by atoms with Crippen LogP contribution in [-0.2, 0) is 27.2 Å². The molecule has 4 amide bonds. The second-order valence-corrected chi connectivity index (χ2v) is 12.4. The standard InChI is InChI=1S/C31H35N7O6S/c1-16(2)26-30(43)33-17(3)27(40)35-24(29(42)32-12-11-20-15-38-31(34-20)45-18(4)37-38)13-19-5-7-21(8-6-19)44-22-9-10-25(39)23(14-22)28(41)36-26/h5-10,14-17,24,26,39H,11-13H2,1-4H3,(H,32,42)(H,33,43)(H,35,40)(H,36,41)/t17-,24-,26-/m0/s1. The number of nitrogens with zero attached hydrogens (tertiary/aromatic N) is 3. The molecule has 0 fully saturated rings. The maximum atomic E-state index is 13.4. The van der Waals surface area contributed by atoms with E-state index in [4.69, 9.17) is 4.74 Å². The molecule has 0 spiro atoms. The Morgan fingerprint density at radius 1 is 1.09 bits per heavy atom. The molecule has 13 nitrogen and oxygen atoms in total. The number of phenols is 1. The van der Waals surface area contributed by atoms with Crippen molar-refractivity contribution in [2.45, 2.75) is 58.7 Å². The molecule has 2 aliphatic rings. The molecule has 0 radical (unpaired) electrons. The summed E-state index contributed by atoms with van der Waals surface area (Å²) in [4.78, 5) is 58.3. The predicted octanol–water partition coefficient (Wildman–Crippen LogP) is 2.26. The summed E-state index contributed by atoms with van der Waals surface area (Å²) in [5.74, 6) is -2.10. The maximum Gasteiger partial charge on any atom is 0.255 e. The van der Waals surface area contributed by atoms with E-state index in [1.165, 1.54) is 36.5 Å². The smallest absolute Gasteiger partial charge is 0.255 e. The molecule has 0 saturated heterocycles. The zero-order valence-corrected chi connectivity index (χ0v) is 26.1. The van der Waals surface area contributed by atoms with Crippen LogP contribution in [-0.4, -0.2) is 68.0 Å². The number of rotatable bonds is 5. The summed E-state index contributed by atoms with van der Waals surface area (Å²) < 4.78 is 7.62. The Morgan fingerprint density at radius 2 is 1.82 bits per heavy atom. The molecule has 2 aromatic heterocycles. The number of amides is 4. The summed E-state index contributed by atoms with van der Waals surface area (Å²) in [6.07, 6.45) is 2.47. The molecular weight excluding hydrogens is 598 g/mol. The van der Waals surface area contributed by atoms with Gasteiger partial charge in [0, 0.05) is 19.4 Å². The van der Waals surface area contributed by atoms with E-state index < -0.39 is 41.8 Å². The van der Waals surface area contributed by atoms with Crippen LogP contribution < -0.4 is 26.0 Å². The van der Waals surface area contributed by atoms with E-state index in [-0.39, 0.29) is 23.7 Å². The third-order valence-corrected chi connectivity index (χ3v) is 8.14. The second-order valence-electron chi connectivity index (χ2n) is 11.2. The number of aryl methyl sites for hydroxylation is 1. The third-order valence-electron chi connectivity index (χ3n) is 7.31. The van der Waals surface area contributed by atoms with Crippen LogP contribution in [0.15, 0.2) is 48.7 Å². The normalized spacial score (nSPS) is 19.3. The Bertz CT molecular complexity index is 1700. The van der Waals surface area contributed by atoms with Gasteiger partial charge in [-0.25, -0.2) is 9.50 Å². The first-order chi connectivity index (χ1) is 21.5. The topological polar surface area (TPSA) is 176 Å². The van der Waals surface area contributed by atoms with Gasteiger partial charge in [0.15, 0.2) is 0 Å². The molecule has 6 rings (SSSR count). The number of carbonyl (C=O) groups is 4. The van der Waals surface area contributed by atoms with E-state index >= 15 is 0 Å². The maximum absolute atomic E-state index is 13.4. The van der Waals surface area contributed by atoms with Crippen LogP contribution in [0.2, 0.25) is 0 Å². The molecule has 0 unspecified atom stereocenters. The number of fused-ring (bicyclic) bond motifs is 12. The van der Waals surface area contributed by atoms with Crippen molar-refractivity contribution in [1.29, 1.82) is 0 Å². The van der Waals surface area contributed by atoms with Crippen molar-refractivity contribution in [2.75, 3.05) is 6.54 Å². The van der Waals surface area contributed by atoms with E-state index in [2.05, 4.69) is 31.3 Å². The van der Waals surface area contributed by atoms with E-state index in [9.17, 15) is 24.3 Å². The van der Waals surface area contributed by atoms with Crippen LogP contribution in [0.1, 0.15) is 47.4 Å². The molecule has 4 heterocycles. The highest BCUT2D eigenvalue weighted by molar-refractivity contribution is 7.16. The van der Waals surface area contributed by atoms with Gasteiger partial charge >= 0.3 is 0 Å². The molecule has 4 aromatic rings. The molecule has 2 aromatic carbocycles. The number of aromatic hydroxyl groups is 1. The second kappa shape index (κ2) is 13.3. The lowest BCUT2D eigenvalue weighted by Crippen LogP contribution is -2.57. The van der Waals surface area contributed by atoms with Crippen molar-refractivity contribution < 1.29 is 29.0 Å². The molecule has 0 aliphatic carbocycles. The van der Waals surface area contributed by atoms with Gasteiger partial charge in [0.2, 0.25) is 22.7 Å². The Morgan fingerprint density at radius 3 is 2.53 bits per heavy atom. The molecular formula is C31H35N7O6S. The predicted molar refractivity (Wildman–Crippen MR) is 166 cm³/mol. The van der Waals surface area contributed by atoms with Crippen molar-refractivity contribution in [3.63, 3.8) is 0 Å².